The highest BCUT2D eigenvalue weighted by atomic mass is 16.4. The fraction of sp³-hybridized carbons (Fsp3) is 0.818. The van der Waals surface area contributed by atoms with E-state index in [1.54, 1.807) is 0 Å². The highest BCUT2D eigenvalue weighted by Gasteiger charge is 2.48. The summed E-state index contributed by atoms with van der Waals surface area (Å²) in [7, 11) is 0. The van der Waals surface area contributed by atoms with Crippen LogP contribution in [0.4, 0.5) is 4.79 Å². The van der Waals surface area contributed by atoms with Crippen LogP contribution in [-0.2, 0) is 4.79 Å². The number of carbonyl (C=O) groups is 2. The monoisotopic (exact) mass is 242 g/mol. The van der Waals surface area contributed by atoms with Gasteiger partial charge in [0.1, 0.15) is 6.04 Å². The van der Waals surface area contributed by atoms with Crippen LogP contribution >= 0.6 is 0 Å². The number of carboxylic acids is 1. The Labute approximate surface area is 99.6 Å². The van der Waals surface area contributed by atoms with E-state index in [2.05, 4.69) is 5.32 Å². The lowest BCUT2D eigenvalue weighted by molar-refractivity contribution is -0.141. The fourth-order valence-electron chi connectivity index (χ4n) is 2.22. The Morgan fingerprint density at radius 1 is 1.41 bits per heavy atom. The summed E-state index contributed by atoms with van der Waals surface area (Å²) in [5.41, 5.74) is 0.104. The Morgan fingerprint density at radius 3 is 2.47 bits per heavy atom. The van der Waals surface area contributed by atoms with Gasteiger partial charge in [0, 0.05) is 19.0 Å². The molecule has 1 heterocycles. The molecule has 0 bridgehead atoms. The molecule has 17 heavy (non-hydrogen) atoms. The standard InChI is InChI=1S/C11H18N2O4/c1-11(2)4-8(11)12-10(17)13-5-6(14)3-7(13)9(15)16/h6-8,14H,3-5H2,1-2H3,(H,12,17)(H,15,16)/t6?,7-,8?/m0/s1. The summed E-state index contributed by atoms with van der Waals surface area (Å²) < 4.78 is 0. The van der Waals surface area contributed by atoms with Gasteiger partial charge in [-0.3, -0.25) is 0 Å². The lowest BCUT2D eigenvalue weighted by Gasteiger charge is -2.22. The van der Waals surface area contributed by atoms with Gasteiger partial charge in [0.2, 0.25) is 0 Å². The molecule has 1 saturated carbocycles. The zero-order chi connectivity index (χ0) is 12.8. The molecule has 0 aromatic rings. The van der Waals surface area contributed by atoms with Gasteiger partial charge >= 0.3 is 12.0 Å². The molecule has 2 amide bonds. The second-order valence-electron chi connectivity index (χ2n) is 5.59. The molecule has 96 valence electrons. The third-order valence-electron chi connectivity index (χ3n) is 3.64. The van der Waals surface area contributed by atoms with Gasteiger partial charge in [-0.05, 0) is 11.8 Å². The first-order valence-corrected chi connectivity index (χ1v) is 5.79. The number of aliphatic carboxylic acids is 1. The van der Waals surface area contributed by atoms with Crippen LogP contribution in [0.5, 0.6) is 0 Å². The zero-order valence-electron chi connectivity index (χ0n) is 10.0. The number of carbonyl (C=O) groups excluding carboxylic acids is 1. The molecule has 0 aromatic carbocycles. The van der Waals surface area contributed by atoms with Gasteiger partial charge in [0.05, 0.1) is 6.10 Å². The summed E-state index contributed by atoms with van der Waals surface area (Å²) in [6.45, 7) is 4.19. The number of carboxylic acid groups (broad SMARTS) is 1. The molecule has 6 nitrogen and oxygen atoms in total. The van der Waals surface area contributed by atoms with Gasteiger partial charge in [0.25, 0.3) is 0 Å². The largest absolute Gasteiger partial charge is 0.480 e. The summed E-state index contributed by atoms with van der Waals surface area (Å²) in [5, 5.41) is 21.2. The van der Waals surface area contributed by atoms with Crippen molar-refractivity contribution in [3.8, 4) is 0 Å². The molecule has 0 aromatic heterocycles. The number of urea groups is 1. The van der Waals surface area contributed by atoms with E-state index in [1.165, 1.54) is 4.90 Å². The predicted molar refractivity (Wildman–Crippen MR) is 59.5 cm³/mol. The summed E-state index contributed by atoms with van der Waals surface area (Å²) >= 11 is 0. The molecule has 2 fully saturated rings. The molecule has 3 atom stereocenters. The number of rotatable bonds is 2. The maximum Gasteiger partial charge on any atom is 0.326 e. The van der Waals surface area contributed by atoms with Crippen molar-refractivity contribution in [2.24, 2.45) is 5.41 Å². The number of likely N-dealkylation sites (tertiary alicyclic amines) is 1. The average molecular weight is 242 g/mol. The Balaban J connectivity index is 1.96. The van der Waals surface area contributed by atoms with E-state index >= 15 is 0 Å². The number of aliphatic hydroxyl groups excluding tert-OH is 1. The first-order valence-electron chi connectivity index (χ1n) is 5.79. The van der Waals surface area contributed by atoms with Crippen LogP contribution < -0.4 is 5.32 Å². The minimum Gasteiger partial charge on any atom is -0.480 e. The molecule has 1 aliphatic heterocycles. The second-order valence-corrected chi connectivity index (χ2v) is 5.59. The highest BCUT2D eigenvalue weighted by Crippen LogP contribution is 2.44. The molecule has 6 heteroatoms. The van der Waals surface area contributed by atoms with E-state index in [4.69, 9.17) is 5.11 Å². The third kappa shape index (κ3) is 2.36. The van der Waals surface area contributed by atoms with Gasteiger partial charge in [-0.15, -0.1) is 0 Å². The minimum atomic E-state index is -1.06. The lowest BCUT2D eigenvalue weighted by Crippen LogP contribution is -2.47. The Hall–Kier alpha value is -1.30. The Morgan fingerprint density at radius 2 is 2.00 bits per heavy atom. The van der Waals surface area contributed by atoms with Gasteiger partial charge in [-0.1, -0.05) is 13.8 Å². The molecular formula is C11H18N2O4. The second kappa shape index (κ2) is 3.87. The van der Waals surface area contributed by atoms with Crippen LogP contribution in [0.2, 0.25) is 0 Å². The molecule has 2 aliphatic rings. The van der Waals surface area contributed by atoms with Crippen molar-refractivity contribution in [3.63, 3.8) is 0 Å². The maximum absolute atomic E-state index is 11.9. The molecule has 3 N–H and O–H groups in total. The first kappa shape index (κ1) is 12.2. The van der Waals surface area contributed by atoms with E-state index in [1.807, 2.05) is 13.8 Å². The lowest BCUT2D eigenvalue weighted by atomic mass is 10.2. The van der Waals surface area contributed by atoms with Crippen LogP contribution in [0.15, 0.2) is 0 Å². The maximum atomic E-state index is 11.9. The van der Waals surface area contributed by atoms with Crippen molar-refractivity contribution in [1.29, 1.82) is 0 Å². The molecule has 1 aliphatic carbocycles. The van der Waals surface area contributed by atoms with Gasteiger partial charge in [-0.25, -0.2) is 9.59 Å². The molecule has 0 spiro atoms. The van der Waals surface area contributed by atoms with Crippen molar-refractivity contribution >= 4 is 12.0 Å². The first-order chi connectivity index (χ1) is 7.81. The zero-order valence-corrected chi connectivity index (χ0v) is 10.0. The van der Waals surface area contributed by atoms with Crippen molar-refractivity contribution in [1.82, 2.24) is 10.2 Å². The fourth-order valence-corrected chi connectivity index (χ4v) is 2.22. The molecule has 2 rings (SSSR count). The van der Waals surface area contributed by atoms with E-state index in [-0.39, 0.29) is 30.5 Å². The van der Waals surface area contributed by atoms with Crippen LogP contribution in [0, 0.1) is 5.41 Å². The number of aliphatic hydroxyl groups is 1. The number of hydrogen-bond donors (Lipinski definition) is 3. The number of hydrogen-bond acceptors (Lipinski definition) is 3. The van der Waals surface area contributed by atoms with Crippen LogP contribution in [0.3, 0.4) is 0 Å². The van der Waals surface area contributed by atoms with Crippen molar-refractivity contribution < 1.29 is 19.8 Å². The van der Waals surface area contributed by atoms with Crippen LogP contribution in [0.1, 0.15) is 26.7 Å². The topological polar surface area (TPSA) is 89.9 Å². The average Bonchev–Trinajstić information content (AvgIpc) is 2.63. The molecule has 0 radical (unpaired) electrons. The minimum absolute atomic E-state index is 0.0932. The van der Waals surface area contributed by atoms with Gasteiger partial charge < -0.3 is 20.4 Å². The normalized spacial score (nSPS) is 34.5. The van der Waals surface area contributed by atoms with Crippen molar-refractivity contribution in [2.75, 3.05) is 6.54 Å². The van der Waals surface area contributed by atoms with E-state index in [9.17, 15) is 14.7 Å². The van der Waals surface area contributed by atoms with Gasteiger partial charge in [-0.2, -0.15) is 0 Å². The summed E-state index contributed by atoms with van der Waals surface area (Å²) in [6.07, 6.45) is 0.276. The molecular weight excluding hydrogens is 224 g/mol. The quantitative estimate of drug-likeness (QED) is 0.636. The molecule has 1 saturated heterocycles. The van der Waals surface area contributed by atoms with Gasteiger partial charge in [0.15, 0.2) is 0 Å². The third-order valence-corrected chi connectivity index (χ3v) is 3.64. The molecule has 2 unspecified atom stereocenters. The summed E-state index contributed by atoms with van der Waals surface area (Å²) in [4.78, 5) is 24.1. The number of amides is 2. The van der Waals surface area contributed by atoms with E-state index in [0.29, 0.717) is 0 Å². The predicted octanol–water partition coefficient (Wildman–Crippen LogP) is 0.0143. The van der Waals surface area contributed by atoms with E-state index < -0.39 is 18.1 Å². The highest BCUT2D eigenvalue weighted by molar-refractivity contribution is 5.83. The number of nitrogens with one attached hydrogen (secondary N) is 1. The SMILES string of the molecule is CC1(C)CC1NC(=O)N1CC(O)C[C@H]1C(=O)O. The number of nitrogens with zero attached hydrogens (tertiary/aromatic N) is 1. The van der Waals surface area contributed by atoms with Crippen LogP contribution in [-0.4, -0.2) is 51.8 Å². The smallest absolute Gasteiger partial charge is 0.326 e. The van der Waals surface area contributed by atoms with E-state index in [0.717, 1.165) is 6.42 Å². The summed E-state index contributed by atoms with van der Waals surface area (Å²) in [6, 6.07) is -1.18. The van der Waals surface area contributed by atoms with Crippen molar-refractivity contribution in [3.05, 3.63) is 0 Å². The summed E-state index contributed by atoms with van der Waals surface area (Å²) in [5.74, 6) is -1.06. The van der Waals surface area contributed by atoms with Crippen molar-refractivity contribution in [2.45, 2.75) is 44.9 Å². The Bertz CT molecular complexity index is 355. The van der Waals surface area contributed by atoms with Crippen LogP contribution in [0.25, 0.3) is 0 Å². The number of β-amino-alcohol motifs (C(OH)–C–C–N with tert-alkyl or cyclic N) is 1. The Kier molecular flexibility index (Phi) is 2.77.